The molecule has 14 heavy (non-hydrogen) atoms. The van der Waals surface area contributed by atoms with Gasteiger partial charge in [-0.2, -0.15) is 0 Å². The molecule has 2 N–H and O–H groups in total. The van der Waals surface area contributed by atoms with Gasteiger partial charge in [0.1, 0.15) is 0 Å². The molecule has 0 aromatic heterocycles. The van der Waals surface area contributed by atoms with Crippen molar-refractivity contribution in [3.8, 4) is 0 Å². The zero-order valence-corrected chi connectivity index (χ0v) is 7.68. The number of benzene rings is 1. The van der Waals surface area contributed by atoms with Gasteiger partial charge in [0.25, 0.3) is 0 Å². The second-order valence-electron chi connectivity index (χ2n) is 3.82. The summed E-state index contributed by atoms with van der Waals surface area (Å²) in [5, 5.41) is 18.4. The fourth-order valence-corrected chi connectivity index (χ4v) is 2.04. The van der Waals surface area contributed by atoms with E-state index >= 15 is 0 Å². The van der Waals surface area contributed by atoms with Crippen LogP contribution >= 0.6 is 0 Å². The van der Waals surface area contributed by atoms with E-state index in [9.17, 15) is 9.90 Å². The van der Waals surface area contributed by atoms with Crippen LogP contribution in [0.1, 0.15) is 18.4 Å². The number of carboxylic acids is 1. The number of hydrogen-bond donors (Lipinski definition) is 2. The maximum absolute atomic E-state index is 11.1. The van der Waals surface area contributed by atoms with Gasteiger partial charge < -0.3 is 10.2 Å². The molecule has 0 atom stereocenters. The van der Waals surface area contributed by atoms with Gasteiger partial charge in [-0.25, -0.2) is 0 Å². The zero-order chi connectivity index (χ0) is 10.2. The number of aliphatic carboxylic acids is 1. The highest BCUT2D eigenvalue weighted by Gasteiger charge is 2.51. The van der Waals surface area contributed by atoms with E-state index in [0.29, 0.717) is 12.8 Å². The van der Waals surface area contributed by atoms with Crippen LogP contribution in [0.2, 0.25) is 0 Å². The lowest BCUT2D eigenvalue weighted by atomic mass is 9.63. The Morgan fingerprint density at radius 2 is 1.86 bits per heavy atom. The van der Waals surface area contributed by atoms with Gasteiger partial charge in [0.05, 0.1) is 11.5 Å². The molecule has 0 saturated heterocycles. The molecule has 3 nitrogen and oxygen atoms in total. The van der Waals surface area contributed by atoms with Crippen molar-refractivity contribution in [3.05, 3.63) is 35.9 Å². The summed E-state index contributed by atoms with van der Waals surface area (Å²) in [6.07, 6.45) is 0.185. The smallest absolute Gasteiger partial charge is 0.314 e. The lowest BCUT2D eigenvalue weighted by Gasteiger charge is -2.42. The van der Waals surface area contributed by atoms with Gasteiger partial charge in [-0.15, -0.1) is 0 Å². The third-order valence-corrected chi connectivity index (χ3v) is 2.90. The topological polar surface area (TPSA) is 57.5 Å². The second-order valence-corrected chi connectivity index (χ2v) is 3.82. The lowest BCUT2D eigenvalue weighted by Crippen LogP contribution is -2.50. The minimum atomic E-state index is -0.847. The van der Waals surface area contributed by atoms with Gasteiger partial charge in [-0.1, -0.05) is 30.3 Å². The highest BCUT2D eigenvalue weighted by molar-refractivity contribution is 5.83. The highest BCUT2D eigenvalue weighted by atomic mass is 16.4. The van der Waals surface area contributed by atoms with Gasteiger partial charge in [0.2, 0.25) is 0 Å². The summed E-state index contributed by atoms with van der Waals surface area (Å²) in [4.78, 5) is 11.1. The molecule has 1 aromatic carbocycles. The molecule has 3 heteroatoms. The molecule has 0 heterocycles. The summed E-state index contributed by atoms with van der Waals surface area (Å²) in [7, 11) is 0. The van der Waals surface area contributed by atoms with Crippen LogP contribution in [0, 0.1) is 0 Å². The predicted octanol–water partition coefficient (Wildman–Crippen LogP) is 1.16. The Morgan fingerprint density at radius 1 is 1.29 bits per heavy atom. The van der Waals surface area contributed by atoms with Crippen molar-refractivity contribution in [1.29, 1.82) is 0 Å². The van der Waals surface area contributed by atoms with Crippen LogP contribution in [0.15, 0.2) is 30.3 Å². The van der Waals surface area contributed by atoms with Crippen molar-refractivity contribution >= 4 is 5.97 Å². The predicted molar refractivity (Wildman–Crippen MR) is 51.0 cm³/mol. The standard InChI is InChI=1S/C11H12O3/c12-9-6-11(7-9,10(13)14)8-4-2-1-3-5-8/h1-5,9,12H,6-7H2,(H,13,14). The van der Waals surface area contributed by atoms with Crippen LogP contribution in [-0.2, 0) is 10.2 Å². The van der Waals surface area contributed by atoms with Crippen molar-refractivity contribution in [1.82, 2.24) is 0 Å². The summed E-state index contributed by atoms with van der Waals surface area (Å²) in [5.41, 5.74) is -0.0569. The molecule has 74 valence electrons. The molecule has 2 rings (SSSR count). The molecular weight excluding hydrogens is 180 g/mol. The minimum Gasteiger partial charge on any atom is -0.481 e. The van der Waals surface area contributed by atoms with Gasteiger partial charge in [-0.3, -0.25) is 4.79 Å². The molecule has 1 fully saturated rings. The van der Waals surface area contributed by atoms with Crippen molar-refractivity contribution in [2.24, 2.45) is 0 Å². The summed E-state index contributed by atoms with van der Waals surface area (Å²) in [5.74, 6) is -0.839. The number of carboxylic acid groups (broad SMARTS) is 1. The average Bonchev–Trinajstić information content (AvgIpc) is 2.13. The largest absolute Gasteiger partial charge is 0.481 e. The highest BCUT2D eigenvalue weighted by Crippen LogP contribution is 2.43. The molecule has 0 radical (unpaired) electrons. The Morgan fingerprint density at radius 3 is 2.29 bits per heavy atom. The molecule has 0 unspecified atom stereocenters. The van der Waals surface area contributed by atoms with Crippen LogP contribution in [-0.4, -0.2) is 22.3 Å². The van der Waals surface area contributed by atoms with Crippen molar-refractivity contribution in [2.45, 2.75) is 24.4 Å². The fraction of sp³-hybridized carbons (Fsp3) is 0.364. The molecule has 0 aliphatic heterocycles. The van der Waals surface area contributed by atoms with Crippen molar-refractivity contribution < 1.29 is 15.0 Å². The second kappa shape index (κ2) is 3.10. The van der Waals surface area contributed by atoms with Crippen LogP contribution in [0.25, 0.3) is 0 Å². The van der Waals surface area contributed by atoms with Gasteiger partial charge in [-0.05, 0) is 18.4 Å². The third-order valence-electron chi connectivity index (χ3n) is 2.90. The van der Waals surface area contributed by atoms with Crippen LogP contribution < -0.4 is 0 Å². The molecule has 0 amide bonds. The number of aliphatic hydroxyl groups excluding tert-OH is 1. The molecule has 0 bridgehead atoms. The summed E-state index contributed by atoms with van der Waals surface area (Å²) in [6, 6.07) is 9.11. The number of carbonyl (C=O) groups is 1. The van der Waals surface area contributed by atoms with E-state index in [1.165, 1.54) is 0 Å². The van der Waals surface area contributed by atoms with Crippen molar-refractivity contribution in [3.63, 3.8) is 0 Å². The Balaban J connectivity index is 2.34. The van der Waals surface area contributed by atoms with Crippen LogP contribution in [0.4, 0.5) is 0 Å². The van der Waals surface area contributed by atoms with Crippen LogP contribution in [0.5, 0.6) is 0 Å². The summed E-state index contributed by atoms with van der Waals surface area (Å²) in [6.45, 7) is 0. The van der Waals surface area contributed by atoms with E-state index in [4.69, 9.17) is 5.11 Å². The van der Waals surface area contributed by atoms with Crippen molar-refractivity contribution in [2.75, 3.05) is 0 Å². The van der Waals surface area contributed by atoms with E-state index < -0.39 is 17.5 Å². The monoisotopic (exact) mass is 192 g/mol. The van der Waals surface area contributed by atoms with E-state index in [1.54, 1.807) is 12.1 Å². The quantitative estimate of drug-likeness (QED) is 0.739. The fourth-order valence-electron chi connectivity index (χ4n) is 2.04. The maximum atomic E-state index is 11.1. The Labute approximate surface area is 82.0 Å². The molecule has 1 saturated carbocycles. The zero-order valence-electron chi connectivity index (χ0n) is 7.68. The Hall–Kier alpha value is -1.35. The molecule has 1 aliphatic carbocycles. The first-order valence-electron chi connectivity index (χ1n) is 4.62. The number of aliphatic hydroxyl groups is 1. The third kappa shape index (κ3) is 1.21. The molecular formula is C11H12O3. The first-order chi connectivity index (χ1) is 6.65. The van der Waals surface area contributed by atoms with Gasteiger partial charge in [0.15, 0.2) is 0 Å². The number of hydrogen-bond acceptors (Lipinski definition) is 2. The Bertz CT molecular complexity index is 339. The lowest BCUT2D eigenvalue weighted by molar-refractivity contribution is -0.152. The minimum absolute atomic E-state index is 0.326. The first-order valence-corrected chi connectivity index (χ1v) is 4.62. The van der Waals surface area contributed by atoms with E-state index in [2.05, 4.69) is 0 Å². The van der Waals surface area contributed by atoms with E-state index in [1.807, 2.05) is 18.2 Å². The molecule has 0 spiro atoms. The first kappa shape index (κ1) is 9.21. The molecule has 1 aliphatic rings. The summed E-state index contributed by atoms with van der Waals surface area (Å²) < 4.78 is 0. The van der Waals surface area contributed by atoms with E-state index in [0.717, 1.165) is 5.56 Å². The normalized spacial score (nSPS) is 30.8. The SMILES string of the molecule is O=C(O)C1(c2ccccc2)CC(O)C1. The van der Waals surface area contributed by atoms with Gasteiger partial charge in [0, 0.05) is 0 Å². The maximum Gasteiger partial charge on any atom is 0.314 e. The number of rotatable bonds is 2. The average molecular weight is 192 g/mol. The van der Waals surface area contributed by atoms with Gasteiger partial charge >= 0.3 is 5.97 Å². The summed E-state index contributed by atoms with van der Waals surface area (Å²) >= 11 is 0. The molecule has 1 aromatic rings. The van der Waals surface area contributed by atoms with Crippen LogP contribution in [0.3, 0.4) is 0 Å². The van der Waals surface area contributed by atoms with E-state index in [-0.39, 0.29) is 0 Å². The Kier molecular flexibility index (Phi) is 2.04.